The quantitative estimate of drug-likeness (QED) is 0.334. The lowest BCUT2D eigenvalue weighted by Gasteiger charge is -2.30. The average Bonchev–Trinajstić information content (AvgIpc) is 2.63. The van der Waals surface area contributed by atoms with Crippen molar-refractivity contribution in [2.24, 2.45) is 0 Å². The number of benzene rings is 1. The molecule has 7 heteroatoms. The number of aliphatic hydroxyl groups is 5. The monoisotopic (exact) mass is 356 g/mol. The second kappa shape index (κ2) is 11.2. The highest BCUT2D eigenvalue weighted by atomic mass is 16.5. The van der Waals surface area contributed by atoms with Gasteiger partial charge in [0.2, 0.25) is 0 Å². The lowest BCUT2D eigenvalue weighted by Crippen LogP contribution is -2.50. The van der Waals surface area contributed by atoms with Gasteiger partial charge in [-0.15, -0.1) is 6.58 Å². The molecular formula is C18H28O7. The van der Waals surface area contributed by atoms with Crippen molar-refractivity contribution in [3.05, 3.63) is 42.5 Å². The van der Waals surface area contributed by atoms with Gasteiger partial charge in [0.05, 0.1) is 25.9 Å². The van der Waals surface area contributed by atoms with Gasteiger partial charge in [0.25, 0.3) is 0 Å². The van der Waals surface area contributed by atoms with Crippen molar-refractivity contribution in [3.8, 4) is 5.75 Å². The number of ether oxygens (including phenoxy) is 2. The zero-order chi connectivity index (χ0) is 18.8. The van der Waals surface area contributed by atoms with Gasteiger partial charge < -0.3 is 35.0 Å². The van der Waals surface area contributed by atoms with E-state index in [1.54, 1.807) is 6.07 Å². The molecule has 0 saturated heterocycles. The van der Waals surface area contributed by atoms with Crippen LogP contribution in [0.3, 0.4) is 0 Å². The van der Waals surface area contributed by atoms with Gasteiger partial charge >= 0.3 is 0 Å². The third-order valence-corrected chi connectivity index (χ3v) is 3.79. The van der Waals surface area contributed by atoms with E-state index in [1.165, 1.54) is 6.08 Å². The fourth-order valence-electron chi connectivity index (χ4n) is 2.34. The first-order valence-electron chi connectivity index (χ1n) is 8.22. The van der Waals surface area contributed by atoms with Crippen molar-refractivity contribution in [2.75, 3.05) is 13.2 Å². The summed E-state index contributed by atoms with van der Waals surface area (Å²) in [6.07, 6.45) is -5.55. The van der Waals surface area contributed by atoms with Crippen LogP contribution in [-0.4, -0.2) is 69.3 Å². The Balaban J connectivity index is 2.78. The van der Waals surface area contributed by atoms with E-state index < -0.39 is 37.1 Å². The maximum absolute atomic E-state index is 10.3. The van der Waals surface area contributed by atoms with E-state index in [0.29, 0.717) is 12.4 Å². The molecule has 0 saturated carbocycles. The SMILES string of the molecule is C=CCC(OCc1ccccc1OCC)C(O)C(O)C(O)C(O)CO. The minimum Gasteiger partial charge on any atom is -0.494 e. The fraction of sp³-hybridized carbons (Fsp3) is 0.556. The molecule has 5 N–H and O–H groups in total. The predicted octanol–water partition coefficient (Wildman–Crippen LogP) is -0.0175. The molecule has 5 atom stereocenters. The summed E-state index contributed by atoms with van der Waals surface area (Å²) >= 11 is 0. The van der Waals surface area contributed by atoms with Crippen LogP contribution in [0.1, 0.15) is 18.9 Å². The van der Waals surface area contributed by atoms with Crippen molar-refractivity contribution >= 4 is 0 Å². The van der Waals surface area contributed by atoms with Gasteiger partial charge in [-0.2, -0.15) is 0 Å². The summed E-state index contributed by atoms with van der Waals surface area (Å²) in [6, 6.07) is 7.29. The minimum atomic E-state index is -1.70. The molecular weight excluding hydrogens is 328 g/mol. The number of hydrogen-bond donors (Lipinski definition) is 5. The molecule has 0 aromatic heterocycles. The van der Waals surface area contributed by atoms with E-state index in [2.05, 4.69) is 6.58 Å². The van der Waals surface area contributed by atoms with E-state index in [4.69, 9.17) is 14.6 Å². The van der Waals surface area contributed by atoms with Crippen LogP contribution in [0.4, 0.5) is 0 Å². The summed E-state index contributed by atoms with van der Waals surface area (Å²) in [4.78, 5) is 0. The van der Waals surface area contributed by atoms with E-state index in [1.807, 2.05) is 25.1 Å². The van der Waals surface area contributed by atoms with Gasteiger partial charge in [-0.05, 0) is 19.4 Å². The molecule has 1 rings (SSSR count). The molecule has 0 aliphatic rings. The number of para-hydroxylation sites is 1. The number of rotatable bonds is 12. The Morgan fingerprint density at radius 3 is 2.36 bits per heavy atom. The Bertz CT molecular complexity index is 508. The minimum absolute atomic E-state index is 0.122. The predicted molar refractivity (Wildman–Crippen MR) is 92.1 cm³/mol. The Morgan fingerprint density at radius 2 is 1.76 bits per heavy atom. The first kappa shape index (κ1) is 21.6. The summed E-state index contributed by atoms with van der Waals surface area (Å²) in [5, 5.41) is 48.3. The molecule has 142 valence electrons. The van der Waals surface area contributed by atoms with E-state index in [-0.39, 0.29) is 13.0 Å². The largest absolute Gasteiger partial charge is 0.494 e. The summed E-state index contributed by atoms with van der Waals surface area (Å²) in [5.41, 5.74) is 0.774. The van der Waals surface area contributed by atoms with Gasteiger partial charge in [-0.25, -0.2) is 0 Å². The molecule has 25 heavy (non-hydrogen) atoms. The molecule has 0 aliphatic carbocycles. The highest BCUT2D eigenvalue weighted by molar-refractivity contribution is 5.32. The van der Waals surface area contributed by atoms with Gasteiger partial charge in [0.15, 0.2) is 0 Å². The molecule has 0 heterocycles. The first-order valence-corrected chi connectivity index (χ1v) is 8.22. The maximum Gasteiger partial charge on any atom is 0.124 e. The molecule has 5 unspecified atom stereocenters. The fourth-order valence-corrected chi connectivity index (χ4v) is 2.34. The highest BCUT2D eigenvalue weighted by Crippen LogP contribution is 2.21. The van der Waals surface area contributed by atoms with Crippen LogP contribution in [0, 0.1) is 0 Å². The van der Waals surface area contributed by atoms with Gasteiger partial charge in [-0.1, -0.05) is 24.3 Å². The standard InChI is InChI=1S/C18H28O7/c1-3-7-15(17(22)18(23)16(21)13(20)10-19)25-11-12-8-5-6-9-14(12)24-4-2/h3,5-6,8-9,13,15-23H,1,4,7,10-11H2,2H3. The molecule has 0 fully saturated rings. The molecule has 1 aromatic carbocycles. The zero-order valence-electron chi connectivity index (χ0n) is 14.4. The van der Waals surface area contributed by atoms with Crippen LogP contribution >= 0.6 is 0 Å². The van der Waals surface area contributed by atoms with E-state index in [9.17, 15) is 20.4 Å². The second-order valence-electron chi connectivity index (χ2n) is 5.64. The van der Waals surface area contributed by atoms with Crippen LogP contribution < -0.4 is 4.74 Å². The van der Waals surface area contributed by atoms with Crippen molar-refractivity contribution in [3.63, 3.8) is 0 Å². The first-order chi connectivity index (χ1) is 12.0. The van der Waals surface area contributed by atoms with Gasteiger partial charge in [0.1, 0.15) is 30.2 Å². The molecule has 0 radical (unpaired) electrons. The highest BCUT2D eigenvalue weighted by Gasteiger charge is 2.34. The van der Waals surface area contributed by atoms with Crippen LogP contribution in [-0.2, 0) is 11.3 Å². The van der Waals surface area contributed by atoms with Gasteiger partial charge in [0, 0.05) is 5.56 Å². The molecule has 0 amide bonds. The van der Waals surface area contributed by atoms with E-state index in [0.717, 1.165) is 5.56 Å². The van der Waals surface area contributed by atoms with Crippen molar-refractivity contribution in [1.82, 2.24) is 0 Å². The molecule has 0 spiro atoms. The number of aliphatic hydroxyl groups excluding tert-OH is 5. The summed E-state index contributed by atoms with van der Waals surface area (Å²) < 4.78 is 11.2. The Kier molecular flexibility index (Phi) is 9.66. The number of hydrogen-bond acceptors (Lipinski definition) is 7. The Morgan fingerprint density at radius 1 is 1.08 bits per heavy atom. The molecule has 0 aliphatic heterocycles. The lowest BCUT2D eigenvalue weighted by molar-refractivity contribution is -0.152. The van der Waals surface area contributed by atoms with Gasteiger partial charge in [-0.3, -0.25) is 0 Å². The van der Waals surface area contributed by atoms with Crippen molar-refractivity contribution < 1.29 is 35.0 Å². The van der Waals surface area contributed by atoms with Crippen LogP contribution in [0.15, 0.2) is 36.9 Å². The molecule has 0 bridgehead atoms. The van der Waals surface area contributed by atoms with E-state index >= 15 is 0 Å². The van der Waals surface area contributed by atoms with Crippen LogP contribution in [0.25, 0.3) is 0 Å². The lowest BCUT2D eigenvalue weighted by atomic mass is 9.97. The molecule has 7 nitrogen and oxygen atoms in total. The Hall–Kier alpha value is -1.48. The van der Waals surface area contributed by atoms with Crippen molar-refractivity contribution in [1.29, 1.82) is 0 Å². The third-order valence-electron chi connectivity index (χ3n) is 3.79. The average molecular weight is 356 g/mol. The van der Waals surface area contributed by atoms with Crippen molar-refractivity contribution in [2.45, 2.75) is 50.5 Å². The zero-order valence-corrected chi connectivity index (χ0v) is 14.4. The maximum atomic E-state index is 10.3. The normalized spacial score (nSPS) is 17.4. The third kappa shape index (κ3) is 6.39. The smallest absolute Gasteiger partial charge is 0.124 e. The Labute approximate surface area is 147 Å². The summed E-state index contributed by atoms with van der Waals surface area (Å²) in [6.45, 7) is 5.34. The topological polar surface area (TPSA) is 120 Å². The van der Waals surface area contributed by atoms with Crippen LogP contribution in [0.5, 0.6) is 5.75 Å². The summed E-state index contributed by atoms with van der Waals surface area (Å²) in [5.74, 6) is 0.660. The molecule has 1 aromatic rings. The second-order valence-corrected chi connectivity index (χ2v) is 5.64. The summed E-state index contributed by atoms with van der Waals surface area (Å²) in [7, 11) is 0. The van der Waals surface area contributed by atoms with Crippen LogP contribution in [0.2, 0.25) is 0 Å².